The van der Waals surface area contributed by atoms with Crippen molar-refractivity contribution in [1.29, 1.82) is 0 Å². The van der Waals surface area contributed by atoms with Crippen LogP contribution in [0.15, 0.2) is 18.2 Å². The van der Waals surface area contributed by atoms with Crippen molar-refractivity contribution >= 4 is 0 Å². The van der Waals surface area contributed by atoms with Crippen molar-refractivity contribution < 1.29 is 0 Å². The maximum atomic E-state index is 3.40. The number of rotatable bonds is 0. The highest BCUT2D eigenvalue weighted by molar-refractivity contribution is 4.82. The molecule has 0 heterocycles. The van der Waals surface area contributed by atoms with E-state index in [-0.39, 0.29) is 0 Å². The first-order valence-corrected chi connectivity index (χ1v) is 6.20. The quantitative estimate of drug-likeness (QED) is 0.482. The average Bonchev–Trinajstić information content (AvgIpc) is 2.22. The summed E-state index contributed by atoms with van der Waals surface area (Å²) in [6.45, 7) is 0. The van der Waals surface area contributed by atoms with Crippen LogP contribution in [0.4, 0.5) is 0 Å². The van der Waals surface area contributed by atoms with Gasteiger partial charge in [0.25, 0.3) is 0 Å². The lowest BCUT2D eigenvalue weighted by Crippen LogP contribution is -1.79. The van der Waals surface area contributed by atoms with Crippen LogP contribution in [0.1, 0.15) is 64.2 Å². The van der Waals surface area contributed by atoms with Crippen LogP contribution < -0.4 is 0 Å². The first-order valence-electron chi connectivity index (χ1n) is 6.20. The van der Waals surface area contributed by atoms with E-state index < -0.39 is 0 Å². The minimum atomic E-state index is 1.17. The molecule has 14 heavy (non-hydrogen) atoms. The summed E-state index contributed by atoms with van der Waals surface area (Å²) in [5, 5.41) is 0. The first kappa shape index (κ1) is 11.6. The SMILES string of the molecule is [C]1=CCCCCCC=CCCCCC1. The lowest BCUT2D eigenvalue weighted by atomic mass is 10.1. The lowest BCUT2D eigenvalue weighted by Gasteiger charge is -1.98. The molecule has 0 N–H and O–H groups in total. The van der Waals surface area contributed by atoms with Gasteiger partial charge in [0.2, 0.25) is 0 Å². The third kappa shape index (κ3) is 6.94. The second-order valence-corrected chi connectivity index (χ2v) is 4.12. The molecule has 0 nitrogen and oxygen atoms in total. The van der Waals surface area contributed by atoms with E-state index in [1.807, 2.05) is 0 Å². The van der Waals surface area contributed by atoms with Crippen LogP contribution >= 0.6 is 0 Å². The van der Waals surface area contributed by atoms with Gasteiger partial charge in [-0.1, -0.05) is 31.1 Å². The van der Waals surface area contributed by atoms with Crippen molar-refractivity contribution in [2.75, 3.05) is 0 Å². The smallest absolute Gasteiger partial charge is 0.0279 e. The van der Waals surface area contributed by atoms with E-state index in [0.717, 1.165) is 0 Å². The standard InChI is InChI=1S/C14H23/c1-2-4-6-8-10-12-14-13-11-9-7-5-3-1/h1-2,13H,3-12H2. The highest BCUT2D eigenvalue weighted by Crippen LogP contribution is 2.09. The van der Waals surface area contributed by atoms with Gasteiger partial charge in [0.1, 0.15) is 0 Å². The van der Waals surface area contributed by atoms with Gasteiger partial charge in [-0.25, -0.2) is 0 Å². The van der Waals surface area contributed by atoms with Crippen LogP contribution in [-0.4, -0.2) is 0 Å². The van der Waals surface area contributed by atoms with Crippen molar-refractivity contribution in [1.82, 2.24) is 0 Å². The molecular weight excluding hydrogens is 168 g/mol. The molecule has 0 saturated heterocycles. The Labute approximate surface area is 89.1 Å². The summed E-state index contributed by atoms with van der Waals surface area (Å²) < 4.78 is 0. The molecular formula is C14H23. The molecule has 0 aromatic heterocycles. The highest BCUT2D eigenvalue weighted by atomic mass is 14.0. The summed E-state index contributed by atoms with van der Waals surface area (Å²) in [6.07, 6.45) is 23.5. The van der Waals surface area contributed by atoms with E-state index in [1.165, 1.54) is 64.2 Å². The van der Waals surface area contributed by atoms with E-state index in [0.29, 0.717) is 0 Å². The van der Waals surface area contributed by atoms with Gasteiger partial charge in [-0.15, -0.1) is 0 Å². The van der Waals surface area contributed by atoms with Crippen molar-refractivity contribution in [3.05, 3.63) is 24.3 Å². The second kappa shape index (κ2) is 9.05. The maximum absolute atomic E-state index is 3.40. The van der Waals surface area contributed by atoms with Crippen molar-refractivity contribution in [2.45, 2.75) is 64.2 Å². The Hall–Kier alpha value is -0.520. The molecule has 0 atom stereocenters. The number of hydrogen-bond acceptors (Lipinski definition) is 0. The summed E-state index contributed by atoms with van der Waals surface area (Å²) in [5.74, 6) is 0. The molecule has 1 radical (unpaired) electrons. The Kier molecular flexibility index (Phi) is 7.47. The van der Waals surface area contributed by atoms with Gasteiger partial charge in [0.05, 0.1) is 0 Å². The van der Waals surface area contributed by atoms with Gasteiger partial charge in [0.15, 0.2) is 0 Å². The van der Waals surface area contributed by atoms with Crippen molar-refractivity contribution in [3.8, 4) is 0 Å². The zero-order chi connectivity index (χ0) is 9.90. The summed E-state index contributed by atoms with van der Waals surface area (Å²) in [5.41, 5.74) is 0. The molecule has 0 aromatic rings. The largest absolute Gasteiger partial charge is 0.0885 e. The van der Waals surface area contributed by atoms with Crippen LogP contribution in [0.2, 0.25) is 0 Å². The summed E-state index contributed by atoms with van der Waals surface area (Å²) in [4.78, 5) is 0. The summed E-state index contributed by atoms with van der Waals surface area (Å²) in [7, 11) is 0. The molecule has 0 amide bonds. The normalized spacial score (nSPS) is 21.7. The van der Waals surface area contributed by atoms with Gasteiger partial charge in [-0.3, -0.25) is 0 Å². The monoisotopic (exact) mass is 191 g/mol. The Bertz CT molecular complexity index is 129. The molecule has 0 aliphatic heterocycles. The molecule has 0 saturated carbocycles. The molecule has 0 heteroatoms. The van der Waals surface area contributed by atoms with Crippen LogP contribution in [0.5, 0.6) is 0 Å². The predicted octanol–water partition coefficient (Wildman–Crippen LogP) is 4.82. The minimum absolute atomic E-state index is 1.17. The Morgan fingerprint density at radius 3 is 2.07 bits per heavy atom. The van der Waals surface area contributed by atoms with Crippen LogP contribution in [0.3, 0.4) is 0 Å². The molecule has 79 valence electrons. The van der Waals surface area contributed by atoms with Gasteiger partial charge in [-0.2, -0.15) is 0 Å². The van der Waals surface area contributed by atoms with E-state index in [4.69, 9.17) is 0 Å². The third-order valence-electron chi connectivity index (χ3n) is 2.72. The summed E-state index contributed by atoms with van der Waals surface area (Å²) in [6, 6.07) is 0. The molecule has 1 aliphatic carbocycles. The average molecular weight is 191 g/mol. The minimum Gasteiger partial charge on any atom is -0.0885 e. The van der Waals surface area contributed by atoms with Crippen LogP contribution in [0, 0.1) is 6.08 Å². The van der Waals surface area contributed by atoms with Crippen molar-refractivity contribution in [3.63, 3.8) is 0 Å². The molecule has 0 aromatic carbocycles. The highest BCUT2D eigenvalue weighted by Gasteiger charge is 1.89. The molecule has 1 aliphatic rings. The van der Waals surface area contributed by atoms with Gasteiger partial charge < -0.3 is 0 Å². The van der Waals surface area contributed by atoms with Crippen LogP contribution in [-0.2, 0) is 0 Å². The number of allylic oxidation sites excluding steroid dienone is 4. The topological polar surface area (TPSA) is 0 Å². The van der Waals surface area contributed by atoms with Gasteiger partial charge in [-0.05, 0) is 57.4 Å². The maximum Gasteiger partial charge on any atom is -0.0279 e. The molecule has 1 rings (SSSR count). The summed E-state index contributed by atoms with van der Waals surface area (Å²) >= 11 is 0. The van der Waals surface area contributed by atoms with E-state index in [9.17, 15) is 0 Å². The van der Waals surface area contributed by atoms with Crippen molar-refractivity contribution in [2.24, 2.45) is 0 Å². The Balaban J connectivity index is 2.15. The molecule has 0 fully saturated rings. The first-order chi connectivity index (χ1) is 7.00. The zero-order valence-corrected chi connectivity index (χ0v) is 9.30. The van der Waals surface area contributed by atoms with E-state index >= 15 is 0 Å². The fourth-order valence-corrected chi connectivity index (χ4v) is 1.79. The molecule has 0 bridgehead atoms. The lowest BCUT2D eigenvalue weighted by molar-refractivity contribution is 0.671. The predicted molar refractivity (Wildman–Crippen MR) is 63.1 cm³/mol. The van der Waals surface area contributed by atoms with Gasteiger partial charge >= 0.3 is 0 Å². The fourth-order valence-electron chi connectivity index (χ4n) is 1.79. The Morgan fingerprint density at radius 2 is 1.29 bits per heavy atom. The van der Waals surface area contributed by atoms with E-state index in [2.05, 4.69) is 24.3 Å². The molecule has 0 unspecified atom stereocenters. The Morgan fingerprint density at radius 1 is 0.643 bits per heavy atom. The zero-order valence-electron chi connectivity index (χ0n) is 9.30. The van der Waals surface area contributed by atoms with Crippen LogP contribution in [0.25, 0.3) is 0 Å². The number of hydrogen-bond donors (Lipinski definition) is 0. The molecule has 0 spiro atoms. The second-order valence-electron chi connectivity index (χ2n) is 4.12. The van der Waals surface area contributed by atoms with E-state index in [1.54, 1.807) is 0 Å². The van der Waals surface area contributed by atoms with Gasteiger partial charge in [0, 0.05) is 0 Å². The third-order valence-corrected chi connectivity index (χ3v) is 2.72. The fraction of sp³-hybridized carbons (Fsp3) is 0.714.